The molecule has 0 aromatic heterocycles. The van der Waals surface area contributed by atoms with Gasteiger partial charge in [-0.05, 0) is 41.0 Å². The molecule has 0 bridgehead atoms. The van der Waals surface area contributed by atoms with E-state index in [2.05, 4.69) is 33.8 Å². The quantitative estimate of drug-likeness (QED) is 0.621. The first kappa shape index (κ1) is 14.5. The smallest absolute Gasteiger partial charge is 0.0593 e. The molecule has 0 aliphatic heterocycles. The van der Waals surface area contributed by atoms with E-state index < -0.39 is 0 Å². The van der Waals surface area contributed by atoms with Gasteiger partial charge in [-0.1, -0.05) is 19.1 Å². The van der Waals surface area contributed by atoms with E-state index in [1.54, 1.807) is 0 Å². The van der Waals surface area contributed by atoms with E-state index in [1.807, 2.05) is 19.1 Å². The van der Waals surface area contributed by atoms with Gasteiger partial charge in [0.15, 0.2) is 0 Å². The van der Waals surface area contributed by atoms with Crippen LogP contribution in [0, 0.1) is 0 Å². The van der Waals surface area contributed by atoms with E-state index in [1.165, 1.54) is 5.56 Å². The predicted octanol–water partition coefficient (Wildman–Crippen LogP) is 2.89. The Hall–Kier alpha value is -0.580. The van der Waals surface area contributed by atoms with Crippen molar-refractivity contribution in [3.8, 4) is 0 Å². The third-order valence-electron chi connectivity index (χ3n) is 2.71. The molecular formula is C13H21BrN2O. The molecule has 0 aliphatic carbocycles. The number of rotatable bonds is 7. The lowest BCUT2D eigenvalue weighted by Crippen LogP contribution is -2.27. The molecule has 1 aromatic rings. The summed E-state index contributed by atoms with van der Waals surface area (Å²) in [5.41, 5.74) is 7.89. The van der Waals surface area contributed by atoms with Gasteiger partial charge in [0.05, 0.1) is 6.61 Å². The van der Waals surface area contributed by atoms with Crippen LogP contribution >= 0.6 is 15.9 Å². The Morgan fingerprint density at radius 1 is 1.35 bits per heavy atom. The number of hydrogen-bond donors (Lipinski definition) is 1. The molecular weight excluding hydrogens is 280 g/mol. The molecule has 1 aromatic carbocycles. The molecule has 1 rings (SSSR count). The van der Waals surface area contributed by atoms with E-state index in [0.29, 0.717) is 0 Å². The zero-order valence-electron chi connectivity index (χ0n) is 10.6. The minimum Gasteiger partial charge on any atom is -0.398 e. The van der Waals surface area contributed by atoms with Gasteiger partial charge in [-0.2, -0.15) is 0 Å². The van der Waals surface area contributed by atoms with Gasteiger partial charge in [0.1, 0.15) is 0 Å². The summed E-state index contributed by atoms with van der Waals surface area (Å²) < 4.78 is 6.39. The molecule has 0 fully saturated rings. The van der Waals surface area contributed by atoms with Crippen LogP contribution in [0.3, 0.4) is 0 Å². The molecule has 4 heteroatoms. The zero-order valence-corrected chi connectivity index (χ0v) is 12.2. The van der Waals surface area contributed by atoms with Crippen molar-refractivity contribution in [2.45, 2.75) is 20.4 Å². The average Bonchev–Trinajstić information content (AvgIpc) is 2.33. The normalized spacial score (nSPS) is 11.1. The second-order valence-electron chi connectivity index (χ2n) is 3.89. The van der Waals surface area contributed by atoms with Crippen LogP contribution in [-0.4, -0.2) is 31.2 Å². The van der Waals surface area contributed by atoms with E-state index in [-0.39, 0.29) is 0 Å². The fourth-order valence-electron chi connectivity index (χ4n) is 1.65. The summed E-state index contributed by atoms with van der Waals surface area (Å²) in [5.74, 6) is 0. The van der Waals surface area contributed by atoms with Crippen LogP contribution < -0.4 is 5.73 Å². The van der Waals surface area contributed by atoms with Crippen LogP contribution in [0.2, 0.25) is 0 Å². The second kappa shape index (κ2) is 7.69. The van der Waals surface area contributed by atoms with Crippen molar-refractivity contribution in [2.75, 3.05) is 32.0 Å². The minimum absolute atomic E-state index is 0.777. The number of benzene rings is 1. The lowest BCUT2D eigenvalue weighted by Gasteiger charge is -2.21. The Balaban J connectivity index is 2.57. The van der Waals surface area contributed by atoms with Crippen LogP contribution in [-0.2, 0) is 11.3 Å². The molecule has 96 valence electrons. The number of nitrogens with zero attached hydrogens (tertiary/aromatic N) is 1. The zero-order chi connectivity index (χ0) is 12.7. The number of hydrogen-bond acceptors (Lipinski definition) is 3. The van der Waals surface area contributed by atoms with E-state index in [4.69, 9.17) is 10.5 Å². The maximum atomic E-state index is 5.87. The summed E-state index contributed by atoms with van der Waals surface area (Å²) in [6.45, 7) is 8.59. The molecule has 0 radical (unpaired) electrons. The van der Waals surface area contributed by atoms with Crippen LogP contribution in [0.15, 0.2) is 22.7 Å². The predicted molar refractivity (Wildman–Crippen MR) is 76.0 cm³/mol. The minimum atomic E-state index is 0.777. The van der Waals surface area contributed by atoms with Gasteiger partial charge < -0.3 is 10.5 Å². The molecule has 0 aliphatic rings. The second-order valence-corrected chi connectivity index (χ2v) is 4.68. The van der Waals surface area contributed by atoms with Crippen molar-refractivity contribution in [2.24, 2.45) is 0 Å². The number of nitrogen functional groups attached to an aromatic ring is 1. The molecule has 0 spiro atoms. The molecule has 3 nitrogen and oxygen atoms in total. The van der Waals surface area contributed by atoms with Crippen LogP contribution in [0.4, 0.5) is 5.69 Å². The average molecular weight is 301 g/mol. The Morgan fingerprint density at radius 3 is 2.76 bits per heavy atom. The fraction of sp³-hybridized carbons (Fsp3) is 0.538. The summed E-state index contributed by atoms with van der Waals surface area (Å²) >= 11 is 3.54. The SMILES string of the molecule is CCOCCN(CC)Cc1cccc(N)c1Br. The number of anilines is 1. The van der Waals surface area contributed by atoms with E-state index in [9.17, 15) is 0 Å². The van der Waals surface area contributed by atoms with Crippen LogP contribution in [0.1, 0.15) is 19.4 Å². The number of halogens is 1. The fourth-order valence-corrected chi connectivity index (χ4v) is 2.04. The Morgan fingerprint density at radius 2 is 2.12 bits per heavy atom. The standard InChI is InChI=1S/C13H21BrN2O/c1-3-16(8-9-17-4-2)10-11-6-5-7-12(15)13(11)14/h5-7H,3-4,8-10,15H2,1-2H3. The largest absolute Gasteiger partial charge is 0.398 e. The number of ether oxygens (including phenoxy) is 1. The summed E-state index contributed by atoms with van der Waals surface area (Å²) in [6.07, 6.45) is 0. The number of likely N-dealkylation sites (N-methyl/N-ethyl adjacent to an activating group) is 1. The maximum absolute atomic E-state index is 5.87. The first-order valence-electron chi connectivity index (χ1n) is 6.02. The molecule has 17 heavy (non-hydrogen) atoms. The molecule has 2 N–H and O–H groups in total. The molecule has 0 saturated heterocycles. The van der Waals surface area contributed by atoms with Crippen molar-refractivity contribution in [1.29, 1.82) is 0 Å². The van der Waals surface area contributed by atoms with E-state index >= 15 is 0 Å². The highest BCUT2D eigenvalue weighted by atomic mass is 79.9. The van der Waals surface area contributed by atoms with Gasteiger partial charge in [0, 0.05) is 29.9 Å². The summed E-state index contributed by atoms with van der Waals surface area (Å²) in [5, 5.41) is 0. The lowest BCUT2D eigenvalue weighted by molar-refractivity contribution is 0.113. The van der Waals surface area contributed by atoms with E-state index in [0.717, 1.165) is 43.0 Å². The molecule has 0 atom stereocenters. The van der Waals surface area contributed by atoms with Gasteiger partial charge in [0.25, 0.3) is 0 Å². The van der Waals surface area contributed by atoms with Crippen molar-refractivity contribution in [3.63, 3.8) is 0 Å². The van der Waals surface area contributed by atoms with Gasteiger partial charge in [-0.25, -0.2) is 0 Å². The van der Waals surface area contributed by atoms with Crippen molar-refractivity contribution in [3.05, 3.63) is 28.2 Å². The van der Waals surface area contributed by atoms with Crippen LogP contribution in [0.5, 0.6) is 0 Å². The maximum Gasteiger partial charge on any atom is 0.0593 e. The Labute approximate surface area is 112 Å². The van der Waals surface area contributed by atoms with Crippen molar-refractivity contribution >= 4 is 21.6 Å². The first-order valence-corrected chi connectivity index (χ1v) is 6.81. The van der Waals surface area contributed by atoms with Gasteiger partial charge in [-0.15, -0.1) is 0 Å². The first-order chi connectivity index (χ1) is 8.19. The van der Waals surface area contributed by atoms with Gasteiger partial charge in [0.2, 0.25) is 0 Å². The van der Waals surface area contributed by atoms with Crippen LogP contribution in [0.25, 0.3) is 0 Å². The molecule has 0 heterocycles. The summed E-state index contributed by atoms with van der Waals surface area (Å²) in [4.78, 5) is 2.34. The molecule has 0 amide bonds. The molecule has 0 unspecified atom stereocenters. The lowest BCUT2D eigenvalue weighted by atomic mass is 10.2. The third-order valence-corrected chi connectivity index (χ3v) is 3.67. The summed E-state index contributed by atoms with van der Waals surface area (Å²) in [6, 6.07) is 6.00. The topological polar surface area (TPSA) is 38.5 Å². The van der Waals surface area contributed by atoms with Gasteiger partial charge >= 0.3 is 0 Å². The van der Waals surface area contributed by atoms with Gasteiger partial charge in [-0.3, -0.25) is 4.90 Å². The highest BCUT2D eigenvalue weighted by Gasteiger charge is 2.08. The third kappa shape index (κ3) is 4.66. The Kier molecular flexibility index (Phi) is 6.55. The van der Waals surface area contributed by atoms with Crippen molar-refractivity contribution < 1.29 is 4.74 Å². The monoisotopic (exact) mass is 300 g/mol. The highest BCUT2D eigenvalue weighted by Crippen LogP contribution is 2.24. The number of nitrogens with two attached hydrogens (primary N) is 1. The van der Waals surface area contributed by atoms with Crippen molar-refractivity contribution in [1.82, 2.24) is 4.90 Å². The molecule has 0 saturated carbocycles. The summed E-state index contributed by atoms with van der Waals surface area (Å²) in [7, 11) is 0. The highest BCUT2D eigenvalue weighted by molar-refractivity contribution is 9.10. The Bertz CT molecular complexity index is 344.